The summed E-state index contributed by atoms with van der Waals surface area (Å²) < 4.78 is 5.29. The molecule has 1 aromatic rings. The molecule has 1 aromatic heterocycles. The molecule has 5 fully saturated rings. The van der Waals surface area contributed by atoms with E-state index in [0.29, 0.717) is 23.6 Å². The van der Waals surface area contributed by atoms with E-state index in [9.17, 15) is 4.79 Å². The monoisotopic (exact) mass is 357 g/mol. The highest BCUT2D eigenvalue weighted by Crippen LogP contribution is 2.56. The molecule has 5 heteroatoms. The lowest BCUT2D eigenvalue weighted by atomic mass is 9.51. The highest BCUT2D eigenvalue weighted by atomic mass is 16.5. The van der Waals surface area contributed by atoms with Crippen LogP contribution in [-0.4, -0.2) is 16.0 Å². The number of rotatable bonds is 3. The first-order chi connectivity index (χ1) is 12.6. The number of carbonyl (C=O) groups is 1. The molecule has 0 spiro atoms. The number of nitrogens with zero attached hydrogens (tertiary/aromatic N) is 2. The van der Waals surface area contributed by atoms with E-state index in [4.69, 9.17) is 4.52 Å². The summed E-state index contributed by atoms with van der Waals surface area (Å²) in [5.41, 5.74) is -0.417. The van der Waals surface area contributed by atoms with Gasteiger partial charge in [0.1, 0.15) is 5.54 Å². The fourth-order valence-corrected chi connectivity index (χ4v) is 6.90. The van der Waals surface area contributed by atoms with Gasteiger partial charge in [-0.15, -0.1) is 0 Å². The van der Waals surface area contributed by atoms with Crippen molar-refractivity contribution in [3.05, 3.63) is 11.7 Å². The molecule has 0 radical (unpaired) electrons. The van der Waals surface area contributed by atoms with E-state index in [1.807, 2.05) is 6.92 Å². The topological polar surface area (TPSA) is 68.0 Å². The molecule has 0 atom stereocenters. The summed E-state index contributed by atoms with van der Waals surface area (Å²) in [6.07, 6.45) is 13.1. The normalized spacial score (nSPS) is 38.1. The molecule has 0 aliphatic heterocycles. The first kappa shape index (κ1) is 16.8. The maximum atomic E-state index is 13.5. The summed E-state index contributed by atoms with van der Waals surface area (Å²) in [6, 6.07) is 0. The van der Waals surface area contributed by atoms with Crippen LogP contribution in [0.2, 0.25) is 0 Å². The van der Waals surface area contributed by atoms with Gasteiger partial charge in [-0.3, -0.25) is 4.79 Å². The molecule has 1 heterocycles. The molecule has 0 unspecified atom stereocenters. The highest BCUT2D eigenvalue weighted by Gasteiger charge is 2.52. The van der Waals surface area contributed by atoms with Gasteiger partial charge in [-0.1, -0.05) is 30.8 Å². The van der Waals surface area contributed by atoms with Crippen molar-refractivity contribution >= 4 is 5.91 Å². The van der Waals surface area contributed by atoms with Crippen molar-refractivity contribution in [2.45, 2.75) is 83.1 Å². The Morgan fingerprint density at radius 1 is 1.00 bits per heavy atom. The van der Waals surface area contributed by atoms with Crippen molar-refractivity contribution in [1.29, 1.82) is 0 Å². The van der Waals surface area contributed by atoms with Crippen LogP contribution in [0.25, 0.3) is 0 Å². The van der Waals surface area contributed by atoms with E-state index in [2.05, 4.69) is 15.5 Å². The Morgan fingerprint density at radius 2 is 1.62 bits per heavy atom. The molecule has 5 aliphatic carbocycles. The van der Waals surface area contributed by atoms with Crippen molar-refractivity contribution in [2.24, 2.45) is 29.6 Å². The standard InChI is InChI=1S/C21H31N3O2/c1-13-22-20(24-26-13)21(6-4-2-3-5-7-21)23-19(25)18-16-9-14-8-15(11-16)12-17(18)10-14/h14-18H,2-12H2,1H3,(H,23,25). The van der Waals surface area contributed by atoms with E-state index in [-0.39, 0.29) is 11.8 Å². The minimum atomic E-state index is -0.417. The Bertz CT molecular complexity index is 647. The van der Waals surface area contributed by atoms with Crippen molar-refractivity contribution in [2.75, 3.05) is 0 Å². The number of carbonyl (C=O) groups excluding carboxylic acids is 1. The van der Waals surface area contributed by atoms with Crippen LogP contribution in [0.5, 0.6) is 0 Å². The predicted molar refractivity (Wildman–Crippen MR) is 97.1 cm³/mol. The van der Waals surface area contributed by atoms with Crippen LogP contribution < -0.4 is 5.32 Å². The molecule has 142 valence electrons. The van der Waals surface area contributed by atoms with Crippen molar-refractivity contribution in [1.82, 2.24) is 15.5 Å². The van der Waals surface area contributed by atoms with Gasteiger partial charge in [0.25, 0.3) is 0 Å². The van der Waals surface area contributed by atoms with E-state index >= 15 is 0 Å². The molecule has 5 saturated carbocycles. The second-order valence-electron chi connectivity index (χ2n) is 9.58. The molecule has 26 heavy (non-hydrogen) atoms. The van der Waals surface area contributed by atoms with Crippen LogP contribution in [0.1, 0.15) is 82.3 Å². The fraction of sp³-hybridized carbons (Fsp3) is 0.857. The zero-order valence-electron chi connectivity index (χ0n) is 15.9. The summed E-state index contributed by atoms with van der Waals surface area (Å²) in [5.74, 6) is 4.81. The predicted octanol–water partition coefficient (Wildman–Crippen LogP) is 4.12. The zero-order chi connectivity index (χ0) is 17.7. The minimum Gasteiger partial charge on any atom is -0.343 e. The molecule has 5 aliphatic rings. The smallest absolute Gasteiger partial charge is 0.224 e. The van der Waals surface area contributed by atoms with Crippen molar-refractivity contribution in [3.63, 3.8) is 0 Å². The van der Waals surface area contributed by atoms with Gasteiger partial charge >= 0.3 is 0 Å². The molecule has 5 nitrogen and oxygen atoms in total. The molecular weight excluding hydrogens is 326 g/mol. The molecule has 1 amide bonds. The van der Waals surface area contributed by atoms with Crippen LogP contribution in [0.4, 0.5) is 0 Å². The Kier molecular flexibility index (Phi) is 4.09. The summed E-state index contributed by atoms with van der Waals surface area (Å²) in [7, 11) is 0. The molecule has 0 saturated heterocycles. The quantitative estimate of drug-likeness (QED) is 0.827. The third-order valence-corrected chi connectivity index (χ3v) is 7.80. The Morgan fingerprint density at radius 3 is 2.15 bits per heavy atom. The lowest BCUT2D eigenvalue weighted by molar-refractivity contribution is -0.140. The number of amides is 1. The summed E-state index contributed by atoms with van der Waals surface area (Å²) in [5, 5.41) is 7.75. The lowest BCUT2D eigenvalue weighted by Gasteiger charge is -2.54. The van der Waals surface area contributed by atoms with Gasteiger partial charge in [0.15, 0.2) is 5.82 Å². The van der Waals surface area contributed by atoms with Gasteiger partial charge in [-0.05, 0) is 68.6 Å². The van der Waals surface area contributed by atoms with Crippen LogP contribution in [0.3, 0.4) is 0 Å². The van der Waals surface area contributed by atoms with Gasteiger partial charge in [-0.2, -0.15) is 4.98 Å². The second kappa shape index (κ2) is 6.35. The molecular formula is C21H31N3O2. The minimum absolute atomic E-state index is 0.218. The van der Waals surface area contributed by atoms with E-state index in [0.717, 1.165) is 37.5 Å². The van der Waals surface area contributed by atoms with Gasteiger partial charge in [-0.25, -0.2) is 0 Å². The summed E-state index contributed by atoms with van der Waals surface area (Å²) in [4.78, 5) is 18.0. The zero-order valence-corrected chi connectivity index (χ0v) is 15.9. The van der Waals surface area contributed by atoms with Crippen LogP contribution in [-0.2, 0) is 10.3 Å². The second-order valence-corrected chi connectivity index (χ2v) is 9.58. The van der Waals surface area contributed by atoms with Crippen molar-refractivity contribution in [3.8, 4) is 0 Å². The highest BCUT2D eigenvalue weighted by molar-refractivity contribution is 5.80. The maximum absolute atomic E-state index is 13.5. The number of hydrogen-bond acceptors (Lipinski definition) is 4. The van der Waals surface area contributed by atoms with Crippen LogP contribution in [0, 0.1) is 36.5 Å². The Labute approximate surface area is 155 Å². The van der Waals surface area contributed by atoms with Crippen molar-refractivity contribution < 1.29 is 9.32 Å². The number of hydrogen-bond donors (Lipinski definition) is 1. The average molecular weight is 357 g/mol. The van der Waals surface area contributed by atoms with Crippen LogP contribution >= 0.6 is 0 Å². The average Bonchev–Trinajstić information content (AvgIpc) is 2.90. The van der Waals surface area contributed by atoms with Gasteiger partial charge in [0.2, 0.25) is 11.8 Å². The summed E-state index contributed by atoms with van der Waals surface area (Å²) in [6.45, 7) is 1.83. The Hall–Kier alpha value is -1.39. The first-order valence-electron chi connectivity index (χ1n) is 10.8. The van der Waals surface area contributed by atoms with Gasteiger partial charge < -0.3 is 9.84 Å². The molecule has 1 N–H and O–H groups in total. The third kappa shape index (κ3) is 2.78. The van der Waals surface area contributed by atoms with E-state index in [1.165, 1.54) is 44.9 Å². The third-order valence-electron chi connectivity index (χ3n) is 7.80. The number of nitrogens with one attached hydrogen (secondary N) is 1. The summed E-state index contributed by atoms with van der Waals surface area (Å²) >= 11 is 0. The maximum Gasteiger partial charge on any atom is 0.224 e. The number of aromatic nitrogens is 2. The SMILES string of the molecule is Cc1nc(C2(NC(=O)C3C4CC5CC(C4)CC3C5)CCCCCC2)no1. The van der Waals surface area contributed by atoms with E-state index < -0.39 is 5.54 Å². The Balaban J connectivity index is 1.40. The largest absolute Gasteiger partial charge is 0.343 e. The molecule has 4 bridgehead atoms. The molecule has 0 aromatic carbocycles. The van der Waals surface area contributed by atoms with Gasteiger partial charge in [0.05, 0.1) is 0 Å². The van der Waals surface area contributed by atoms with Crippen LogP contribution in [0.15, 0.2) is 4.52 Å². The number of aryl methyl sites for hydroxylation is 1. The van der Waals surface area contributed by atoms with E-state index in [1.54, 1.807) is 0 Å². The molecule has 6 rings (SSSR count). The first-order valence-corrected chi connectivity index (χ1v) is 10.8. The van der Waals surface area contributed by atoms with Gasteiger partial charge in [0, 0.05) is 12.8 Å². The lowest BCUT2D eigenvalue weighted by Crippen LogP contribution is -2.55. The fourth-order valence-electron chi connectivity index (χ4n) is 6.90.